The number of anilines is 1. The molecule has 2 heterocycles. The van der Waals surface area contributed by atoms with Crippen LogP contribution >= 0.6 is 15.9 Å². The first-order chi connectivity index (χ1) is 12.5. The average molecular weight is 415 g/mol. The Morgan fingerprint density at radius 2 is 1.96 bits per heavy atom. The van der Waals surface area contributed by atoms with Crippen LogP contribution in [0.3, 0.4) is 0 Å². The molecule has 1 aliphatic heterocycles. The smallest absolute Gasteiger partial charge is 0.259 e. The molecule has 0 saturated carbocycles. The number of Topliss-reactive ketones (excluding diaryl/α,β-unsaturated/α-hetero) is 1. The van der Waals surface area contributed by atoms with Crippen molar-refractivity contribution in [2.24, 2.45) is 5.73 Å². The van der Waals surface area contributed by atoms with Crippen molar-refractivity contribution in [3.63, 3.8) is 0 Å². The maximum Gasteiger partial charge on any atom is 0.259 e. The van der Waals surface area contributed by atoms with E-state index in [1.165, 1.54) is 17.0 Å². The number of hydrogen-bond donors (Lipinski definition) is 2. The molecule has 0 unspecified atom stereocenters. The molecular weight excluding hydrogens is 403 g/mol. The number of halogens is 2. The van der Waals surface area contributed by atoms with Gasteiger partial charge < -0.3 is 15.6 Å². The van der Waals surface area contributed by atoms with Gasteiger partial charge in [0.2, 0.25) is 0 Å². The molecule has 0 aliphatic carbocycles. The first-order valence-corrected chi connectivity index (χ1v) is 8.50. The van der Waals surface area contributed by atoms with E-state index in [1.807, 2.05) is 0 Å². The van der Waals surface area contributed by atoms with Crippen molar-refractivity contribution in [3.8, 4) is 0 Å². The molecule has 130 valence electrons. The highest BCUT2D eigenvalue weighted by molar-refractivity contribution is 9.10. The van der Waals surface area contributed by atoms with Gasteiger partial charge in [-0.05, 0) is 30.3 Å². The van der Waals surface area contributed by atoms with E-state index in [1.54, 1.807) is 30.3 Å². The van der Waals surface area contributed by atoms with Crippen molar-refractivity contribution in [3.05, 3.63) is 74.8 Å². The number of H-pyrrole nitrogens is 1. The number of nitrogens with zero attached hydrogens (tertiary/aromatic N) is 2. The maximum absolute atomic E-state index is 14.1. The number of rotatable bonds is 2. The zero-order valence-corrected chi connectivity index (χ0v) is 14.9. The lowest BCUT2D eigenvalue weighted by atomic mass is 10.1. The van der Waals surface area contributed by atoms with Crippen LogP contribution in [-0.2, 0) is 4.79 Å². The summed E-state index contributed by atoms with van der Waals surface area (Å²) in [6.45, 7) is -0.123. The van der Waals surface area contributed by atoms with Crippen molar-refractivity contribution in [1.82, 2.24) is 9.97 Å². The Morgan fingerprint density at radius 1 is 1.19 bits per heavy atom. The zero-order chi connectivity index (χ0) is 18.4. The van der Waals surface area contributed by atoms with Crippen molar-refractivity contribution in [2.75, 3.05) is 11.4 Å². The molecule has 6 nitrogen and oxygen atoms in total. The number of benzene rings is 2. The minimum Gasteiger partial charge on any atom is -0.384 e. The Hall–Kier alpha value is -3.00. The number of para-hydroxylation sites is 1. The van der Waals surface area contributed by atoms with Crippen LogP contribution in [0.4, 0.5) is 10.1 Å². The number of nitrogens with two attached hydrogens (primary N) is 1. The molecule has 0 fully saturated rings. The highest BCUT2D eigenvalue weighted by Gasteiger charge is 2.33. The lowest BCUT2D eigenvalue weighted by molar-refractivity contribution is -0.112. The molecular formula is C18H12BrFN4O2. The Bertz CT molecular complexity index is 1160. The first-order valence-electron chi connectivity index (χ1n) is 7.70. The first kappa shape index (κ1) is 16.5. The number of aromatic nitrogens is 2. The zero-order valence-electron chi connectivity index (χ0n) is 13.3. The van der Waals surface area contributed by atoms with Crippen LogP contribution in [0.15, 0.2) is 57.6 Å². The molecule has 1 aromatic heterocycles. The standard InChI is InChI=1S/C18H12BrFN4O2/c19-9-5-6-10-12(7-9)22-17(23-18(10)26)15-14(25)8-24(16(15)21)13-4-2-1-3-11(13)20/h1-7H,8,21H2,(H,22,23,26). The monoisotopic (exact) mass is 414 g/mol. The van der Waals surface area contributed by atoms with Gasteiger partial charge >= 0.3 is 0 Å². The summed E-state index contributed by atoms with van der Waals surface area (Å²) in [4.78, 5) is 33.2. The van der Waals surface area contributed by atoms with Crippen LogP contribution in [0, 0.1) is 5.82 Å². The summed E-state index contributed by atoms with van der Waals surface area (Å²) < 4.78 is 14.8. The number of ketones is 1. The second-order valence-corrected chi connectivity index (χ2v) is 6.71. The molecule has 4 rings (SSSR count). The normalized spacial score (nSPS) is 14.5. The van der Waals surface area contributed by atoms with Crippen molar-refractivity contribution in [2.45, 2.75) is 0 Å². The van der Waals surface area contributed by atoms with E-state index in [2.05, 4.69) is 25.9 Å². The number of hydrogen-bond acceptors (Lipinski definition) is 5. The third-order valence-corrected chi connectivity index (χ3v) is 4.67. The van der Waals surface area contributed by atoms with E-state index in [9.17, 15) is 14.0 Å². The van der Waals surface area contributed by atoms with E-state index < -0.39 is 5.82 Å². The molecule has 26 heavy (non-hydrogen) atoms. The summed E-state index contributed by atoms with van der Waals surface area (Å²) in [6, 6.07) is 11.1. The molecule has 3 N–H and O–H groups in total. The summed E-state index contributed by atoms with van der Waals surface area (Å²) in [5, 5.41) is 0.396. The van der Waals surface area contributed by atoms with Crippen molar-refractivity contribution in [1.29, 1.82) is 0 Å². The molecule has 0 amide bonds. The Balaban J connectivity index is 1.89. The van der Waals surface area contributed by atoms with Crippen LogP contribution < -0.4 is 16.2 Å². The average Bonchev–Trinajstić information content (AvgIpc) is 2.89. The Labute approximate surface area is 155 Å². The van der Waals surface area contributed by atoms with Crippen LogP contribution in [0.2, 0.25) is 0 Å². The van der Waals surface area contributed by atoms with Gasteiger partial charge in [0.15, 0.2) is 5.78 Å². The lowest BCUT2D eigenvalue weighted by Gasteiger charge is -2.19. The molecule has 0 saturated heterocycles. The van der Waals surface area contributed by atoms with E-state index in [0.29, 0.717) is 10.9 Å². The minimum atomic E-state index is -0.492. The molecule has 1 aliphatic rings. The highest BCUT2D eigenvalue weighted by Crippen LogP contribution is 2.30. The molecule has 3 aromatic rings. The molecule has 0 bridgehead atoms. The summed E-state index contributed by atoms with van der Waals surface area (Å²) in [6.07, 6.45) is 0. The molecule has 0 spiro atoms. The van der Waals surface area contributed by atoms with E-state index in [0.717, 1.165) is 4.47 Å². The number of fused-ring (bicyclic) bond motifs is 1. The van der Waals surface area contributed by atoms with E-state index in [4.69, 9.17) is 5.73 Å². The van der Waals surface area contributed by atoms with Gasteiger partial charge in [-0.3, -0.25) is 9.59 Å². The van der Waals surface area contributed by atoms with Gasteiger partial charge in [-0.25, -0.2) is 9.37 Å². The van der Waals surface area contributed by atoms with Gasteiger partial charge in [0.1, 0.15) is 23.0 Å². The van der Waals surface area contributed by atoms with Gasteiger partial charge in [0, 0.05) is 4.47 Å². The SMILES string of the molecule is NC1=C(c2nc3cc(Br)ccc3c(=O)[nH]2)C(=O)CN1c1ccccc1F. The van der Waals surface area contributed by atoms with Crippen molar-refractivity contribution < 1.29 is 9.18 Å². The topological polar surface area (TPSA) is 92.1 Å². The number of nitrogens with one attached hydrogen (secondary N) is 1. The summed E-state index contributed by atoms with van der Waals surface area (Å²) >= 11 is 3.33. The molecule has 0 radical (unpaired) electrons. The Morgan fingerprint density at radius 3 is 2.73 bits per heavy atom. The predicted molar refractivity (Wildman–Crippen MR) is 99.9 cm³/mol. The Kier molecular flexibility index (Phi) is 3.84. The second-order valence-electron chi connectivity index (χ2n) is 5.80. The van der Waals surface area contributed by atoms with Crippen molar-refractivity contribution >= 4 is 43.9 Å². The van der Waals surface area contributed by atoms with E-state index >= 15 is 0 Å². The largest absolute Gasteiger partial charge is 0.384 e. The van der Waals surface area contributed by atoms with Gasteiger partial charge in [-0.2, -0.15) is 0 Å². The third-order valence-electron chi connectivity index (χ3n) is 4.18. The molecule has 2 aromatic carbocycles. The predicted octanol–water partition coefficient (Wildman–Crippen LogP) is 2.54. The molecule has 8 heteroatoms. The lowest BCUT2D eigenvalue weighted by Crippen LogP contribution is -2.26. The quantitative estimate of drug-likeness (QED) is 0.671. The van der Waals surface area contributed by atoms with Gasteiger partial charge in [-0.1, -0.05) is 28.1 Å². The maximum atomic E-state index is 14.1. The van der Waals surface area contributed by atoms with Gasteiger partial charge in [0.05, 0.1) is 23.1 Å². The van der Waals surface area contributed by atoms with Crippen LogP contribution in [-0.4, -0.2) is 22.3 Å². The number of aromatic amines is 1. The number of carbonyl (C=O) groups is 1. The fourth-order valence-corrected chi connectivity index (χ4v) is 3.30. The third kappa shape index (κ3) is 2.59. The number of carbonyl (C=O) groups excluding carboxylic acids is 1. The fraction of sp³-hybridized carbons (Fsp3) is 0.0556. The van der Waals surface area contributed by atoms with Crippen LogP contribution in [0.1, 0.15) is 5.82 Å². The van der Waals surface area contributed by atoms with Crippen LogP contribution in [0.25, 0.3) is 16.5 Å². The summed E-state index contributed by atoms with van der Waals surface area (Å²) in [7, 11) is 0. The molecule has 0 atom stereocenters. The summed E-state index contributed by atoms with van der Waals surface area (Å²) in [5.74, 6) is -0.712. The summed E-state index contributed by atoms with van der Waals surface area (Å²) in [5.41, 5.74) is 6.43. The second kappa shape index (κ2) is 6.06. The highest BCUT2D eigenvalue weighted by atomic mass is 79.9. The van der Waals surface area contributed by atoms with Gasteiger partial charge in [0.25, 0.3) is 5.56 Å². The fourth-order valence-electron chi connectivity index (χ4n) is 2.96. The minimum absolute atomic E-state index is 0.0533. The van der Waals surface area contributed by atoms with Crippen LogP contribution in [0.5, 0.6) is 0 Å². The van der Waals surface area contributed by atoms with E-state index in [-0.39, 0.29) is 40.8 Å². The van der Waals surface area contributed by atoms with Gasteiger partial charge in [-0.15, -0.1) is 0 Å².